The van der Waals surface area contributed by atoms with Crippen LogP contribution >= 0.6 is 0 Å². The normalized spacial score (nSPS) is 11.5. The molecule has 0 aliphatic carbocycles. The molecule has 31 heavy (non-hydrogen) atoms. The fraction of sp³-hybridized carbons (Fsp3) is 0.227. The summed E-state index contributed by atoms with van der Waals surface area (Å²) >= 11 is 0. The van der Waals surface area contributed by atoms with E-state index in [2.05, 4.69) is 20.6 Å². The fourth-order valence-electron chi connectivity index (χ4n) is 2.89. The van der Waals surface area contributed by atoms with Crippen LogP contribution in [0.15, 0.2) is 59.6 Å². The second kappa shape index (κ2) is 9.23. The van der Waals surface area contributed by atoms with E-state index in [0.717, 1.165) is 12.1 Å². The van der Waals surface area contributed by atoms with E-state index in [-0.39, 0.29) is 16.4 Å². The number of hydrogen-bond acceptors (Lipinski definition) is 7. The van der Waals surface area contributed by atoms with Crippen molar-refractivity contribution < 1.29 is 13.2 Å². The summed E-state index contributed by atoms with van der Waals surface area (Å²) in [6.07, 6.45) is 1.45. The highest BCUT2D eigenvalue weighted by atomic mass is 32.2. The molecule has 0 atom stereocenters. The number of hydrogen-bond donors (Lipinski definition) is 3. The molecule has 1 amide bonds. The standard InChI is InChI=1S/C22H25N5O3S/c1-14(2)31(29,30)18-10-6-16(7-11-18)19-13-25-21(23)20(27-19)22(28)26-17-8-4-15(5-9-17)12-24-3/h4-11,13-14,24H,12H2,1-3H3,(H2,23,25)(H,26,28). The minimum Gasteiger partial charge on any atom is -0.382 e. The first-order valence-corrected chi connectivity index (χ1v) is 11.3. The summed E-state index contributed by atoms with van der Waals surface area (Å²) in [5.41, 5.74) is 8.61. The number of anilines is 2. The van der Waals surface area contributed by atoms with Gasteiger partial charge in [-0.1, -0.05) is 24.3 Å². The SMILES string of the molecule is CNCc1ccc(NC(=O)c2nc(-c3ccc(S(=O)(=O)C(C)C)cc3)cnc2N)cc1. The van der Waals surface area contributed by atoms with Crippen molar-refractivity contribution in [1.82, 2.24) is 15.3 Å². The fourth-order valence-corrected chi connectivity index (χ4v) is 3.95. The van der Waals surface area contributed by atoms with Crippen LogP contribution in [0, 0.1) is 0 Å². The Morgan fingerprint density at radius 3 is 2.29 bits per heavy atom. The number of sulfone groups is 1. The van der Waals surface area contributed by atoms with Gasteiger partial charge >= 0.3 is 0 Å². The van der Waals surface area contributed by atoms with Crippen LogP contribution in [0.25, 0.3) is 11.3 Å². The number of nitrogen functional groups attached to an aromatic ring is 1. The van der Waals surface area contributed by atoms with E-state index in [4.69, 9.17) is 5.73 Å². The molecule has 0 saturated heterocycles. The lowest BCUT2D eigenvalue weighted by Crippen LogP contribution is -2.17. The van der Waals surface area contributed by atoms with Gasteiger partial charge in [-0.05, 0) is 50.7 Å². The van der Waals surface area contributed by atoms with Gasteiger partial charge in [0.25, 0.3) is 5.91 Å². The number of carbonyl (C=O) groups is 1. The van der Waals surface area contributed by atoms with Gasteiger partial charge in [0, 0.05) is 17.8 Å². The Bertz CT molecular complexity index is 1170. The van der Waals surface area contributed by atoms with Crippen molar-refractivity contribution in [2.24, 2.45) is 0 Å². The second-order valence-corrected chi connectivity index (χ2v) is 9.79. The monoisotopic (exact) mass is 439 g/mol. The number of aromatic nitrogens is 2. The van der Waals surface area contributed by atoms with Gasteiger partial charge in [0.05, 0.1) is 22.0 Å². The Morgan fingerprint density at radius 2 is 1.71 bits per heavy atom. The van der Waals surface area contributed by atoms with Crippen molar-refractivity contribution in [3.05, 3.63) is 66.0 Å². The lowest BCUT2D eigenvalue weighted by molar-refractivity contribution is 0.102. The highest BCUT2D eigenvalue weighted by Crippen LogP contribution is 2.23. The molecule has 1 aromatic heterocycles. The summed E-state index contributed by atoms with van der Waals surface area (Å²) in [4.78, 5) is 21.4. The lowest BCUT2D eigenvalue weighted by Gasteiger charge is -2.10. The third-order valence-corrected chi connectivity index (χ3v) is 6.88. The maximum atomic E-state index is 12.7. The van der Waals surface area contributed by atoms with Crippen molar-refractivity contribution >= 4 is 27.2 Å². The molecule has 0 radical (unpaired) electrons. The minimum absolute atomic E-state index is 0.00400. The third-order valence-electron chi connectivity index (χ3n) is 4.71. The Morgan fingerprint density at radius 1 is 1.06 bits per heavy atom. The molecule has 162 valence electrons. The van der Waals surface area contributed by atoms with Crippen molar-refractivity contribution in [2.45, 2.75) is 30.5 Å². The molecule has 0 fully saturated rings. The molecule has 0 aliphatic rings. The summed E-state index contributed by atoms with van der Waals surface area (Å²) < 4.78 is 24.6. The second-order valence-electron chi connectivity index (χ2n) is 7.29. The number of nitrogens with zero attached hydrogens (tertiary/aromatic N) is 2. The maximum absolute atomic E-state index is 12.7. The third kappa shape index (κ3) is 5.07. The summed E-state index contributed by atoms with van der Waals surface area (Å²) in [6, 6.07) is 13.7. The molecular weight excluding hydrogens is 414 g/mol. The summed E-state index contributed by atoms with van der Waals surface area (Å²) in [6.45, 7) is 3.99. The Labute approximate surface area is 181 Å². The zero-order valence-electron chi connectivity index (χ0n) is 17.6. The van der Waals surface area contributed by atoms with Gasteiger partial charge in [0.1, 0.15) is 0 Å². The van der Waals surface area contributed by atoms with E-state index in [1.165, 1.54) is 18.3 Å². The van der Waals surface area contributed by atoms with Crippen LogP contribution in [0.1, 0.15) is 29.9 Å². The number of benzene rings is 2. The van der Waals surface area contributed by atoms with Crippen molar-refractivity contribution in [1.29, 1.82) is 0 Å². The van der Waals surface area contributed by atoms with Gasteiger partial charge < -0.3 is 16.4 Å². The molecule has 0 saturated carbocycles. The Hall–Kier alpha value is -3.30. The molecule has 3 aromatic rings. The van der Waals surface area contributed by atoms with Crippen LogP contribution in [0.4, 0.5) is 11.5 Å². The van der Waals surface area contributed by atoms with Crippen LogP contribution in [0.5, 0.6) is 0 Å². The van der Waals surface area contributed by atoms with Gasteiger partial charge in [-0.15, -0.1) is 0 Å². The molecule has 9 heteroatoms. The molecule has 0 spiro atoms. The zero-order valence-corrected chi connectivity index (χ0v) is 18.4. The number of amides is 1. The maximum Gasteiger partial charge on any atom is 0.278 e. The number of carbonyl (C=O) groups excluding carboxylic acids is 1. The molecule has 8 nitrogen and oxygen atoms in total. The average Bonchev–Trinajstić information content (AvgIpc) is 2.75. The Balaban J connectivity index is 1.83. The molecule has 0 aliphatic heterocycles. The van der Waals surface area contributed by atoms with E-state index in [9.17, 15) is 13.2 Å². The molecule has 4 N–H and O–H groups in total. The molecule has 2 aromatic carbocycles. The largest absolute Gasteiger partial charge is 0.382 e. The smallest absolute Gasteiger partial charge is 0.278 e. The Kier molecular flexibility index (Phi) is 6.67. The van der Waals surface area contributed by atoms with Gasteiger partial charge in [-0.3, -0.25) is 4.79 Å². The topological polar surface area (TPSA) is 127 Å². The first kappa shape index (κ1) is 22.4. The van der Waals surface area contributed by atoms with Crippen LogP contribution in [-0.4, -0.2) is 36.6 Å². The quantitative estimate of drug-likeness (QED) is 0.516. The van der Waals surface area contributed by atoms with Crippen LogP contribution in [-0.2, 0) is 16.4 Å². The molecular formula is C22H25N5O3S. The number of nitrogens with one attached hydrogen (secondary N) is 2. The van der Waals surface area contributed by atoms with Crippen molar-refractivity contribution in [3.8, 4) is 11.3 Å². The van der Waals surface area contributed by atoms with E-state index >= 15 is 0 Å². The number of nitrogens with two attached hydrogens (primary N) is 1. The van der Waals surface area contributed by atoms with E-state index in [0.29, 0.717) is 16.9 Å². The van der Waals surface area contributed by atoms with Crippen molar-refractivity contribution in [3.63, 3.8) is 0 Å². The molecule has 0 bridgehead atoms. The van der Waals surface area contributed by atoms with Gasteiger partial charge in [-0.2, -0.15) is 0 Å². The first-order valence-electron chi connectivity index (χ1n) is 9.74. The van der Waals surface area contributed by atoms with Crippen molar-refractivity contribution in [2.75, 3.05) is 18.1 Å². The minimum atomic E-state index is -3.37. The van der Waals surface area contributed by atoms with E-state index in [1.54, 1.807) is 38.1 Å². The van der Waals surface area contributed by atoms with Gasteiger partial charge in [-0.25, -0.2) is 18.4 Å². The predicted molar refractivity (Wildman–Crippen MR) is 121 cm³/mol. The zero-order chi connectivity index (χ0) is 22.6. The lowest BCUT2D eigenvalue weighted by atomic mass is 10.1. The summed E-state index contributed by atoms with van der Waals surface area (Å²) in [5.74, 6) is -0.473. The molecule has 0 unspecified atom stereocenters. The first-order chi connectivity index (χ1) is 14.7. The molecule has 1 heterocycles. The van der Waals surface area contributed by atoms with Crippen LogP contribution < -0.4 is 16.4 Å². The van der Waals surface area contributed by atoms with Crippen LogP contribution in [0.2, 0.25) is 0 Å². The van der Waals surface area contributed by atoms with E-state index in [1.807, 2.05) is 19.2 Å². The van der Waals surface area contributed by atoms with Crippen LogP contribution in [0.3, 0.4) is 0 Å². The number of rotatable bonds is 7. The summed E-state index contributed by atoms with van der Waals surface area (Å²) in [5, 5.41) is 5.31. The van der Waals surface area contributed by atoms with Gasteiger partial charge in [0.2, 0.25) is 0 Å². The van der Waals surface area contributed by atoms with E-state index < -0.39 is 21.0 Å². The summed E-state index contributed by atoms with van der Waals surface area (Å²) in [7, 11) is -1.51. The highest BCUT2D eigenvalue weighted by Gasteiger charge is 2.19. The van der Waals surface area contributed by atoms with Gasteiger partial charge in [0.15, 0.2) is 21.3 Å². The highest BCUT2D eigenvalue weighted by molar-refractivity contribution is 7.92. The average molecular weight is 440 g/mol. The predicted octanol–water partition coefficient (Wildman–Crippen LogP) is 2.88. The molecule has 3 rings (SSSR count).